The summed E-state index contributed by atoms with van der Waals surface area (Å²) >= 11 is 3.27. The Kier molecular flexibility index (Phi) is 3.91. The molecule has 0 aliphatic heterocycles. The van der Waals surface area contributed by atoms with Gasteiger partial charge in [0.15, 0.2) is 0 Å². The van der Waals surface area contributed by atoms with Crippen LogP contribution in [0.3, 0.4) is 0 Å². The van der Waals surface area contributed by atoms with Gasteiger partial charge in [0.25, 0.3) is 5.56 Å². The summed E-state index contributed by atoms with van der Waals surface area (Å²) in [7, 11) is 0. The van der Waals surface area contributed by atoms with E-state index in [1.54, 1.807) is 6.07 Å². The van der Waals surface area contributed by atoms with E-state index in [2.05, 4.69) is 25.9 Å². The number of nitrogens with zero attached hydrogens (tertiary/aromatic N) is 1. The van der Waals surface area contributed by atoms with E-state index in [1.165, 1.54) is 18.2 Å². The van der Waals surface area contributed by atoms with Crippen molar-refractivity contribution in [2.24, 2.45) is 0 Å². The molecule has 0 unspecified atom stereocenters. The molecule has 0 radical (unpaired) electrons. The molecular weight excluding hydrogens is 299 g/mol. The Bertz CT molecular complexity index is 625. The maximum Gasteiger partial charge on any atom is 0.251 e. The largest absolute Gasteiger partial charge is 0.306 e. The van der Waals surface area contributed by atoms with Crippen LogP contribution in [0.15, 0.2) is 33.5 Å². The summed E-state index contributed by atoms with van der Waals surface area (Å²) in [6, 6.07) is 5.77. The van der Waals surface area contributed by atoms with E-state index in [0.717, 1.165) is 18.5 Å². The number of hydrogen-bond donors (Lipinski definition) is 1. The second-order valence-electron chi connectivity index (χ2n) is 3.96. The molecule has 0 saturated heterocycles. The van der Waals surface area contributed by atoms with Gasteiger partial charge >= 0.3 is 0 Å². The summed E-state index contributed by atoms with van der Waals surface area (Å²) in [5, 5.41) is 0. The van der Waals surface area contributed by atoms with Crippen LogP contribution in [-0.2, 0) is 6.42 Å². The van der Waals surface area contributed by atoms with Crippen LogP contribution in [0, 0.1) is 5.82 Å². The normalized spacial score (nSPS) is 10.6. The van der Waals surface area contributed by atoms with E-state index < -0.39 is 0 Å². The first-order valence-electron chi connectivity index (χ1n) is 5.66. The molecule has 3 nitrogen and oxygen atoms in total. The van der Waals surface area contributed by atoms with E-state index in [0.29, 0.717) is 15.9 Å². The van der Waals surface area contributed by atoms with Crippen LogP contribution in [0.1, 0.15) is 19.0 Å². The highest BCUT2D eigenvalue weighted by atomic mass is 79.9. The van der Waals surface area contributed by atoms with Gasteiger partial charge in [-0.15, -0.1) is 0 Å². The maximum atomic E-state index is 13.0. The third-order valence-corrected chi connectivity index (χ3v) is 3.14. The van der Waals surface area contributed by atoms with Crippen LogP contribution in [-0.4, -0.2) is 9.97 Å². The minimum atomic E-state index is -0.335. The van der Waals surface area contributed by atoms with Gasteiger partial charge in [0.05, 0.1) is 0 Å². The summed E-state index contributed by atoms with van der Waals surface area (Å²) in [4.78, 5) is 18.6. The Morgan fingerprint density at radius 2 is 2.17 bits per heavy atom. The molecule has 2 aromatic rings. The number of benzene rings is 1. The molecule has 0 aliphatic carbocycles. The monoisotopic (exact) mass is 310 g/mol. The Morgan fingerprint density at radius 3 is 2.83 bits per heavy atom. The minimum Gasteiger partial charge on any atom is -0.306 e. The lowest BCUT2D eigenvalue weighted by atomic mass is 10.2. The summed E-state index contributed by atoms with van der Waals surface area (Å²) in [5.41, 5.74) is 1.22. The molecule has 18 heavy (non-hydrogen) atoms. The number of rotatable bonds is 3. The Hall–Kier alpha value is -1.49. The van der Waals surface area contributed by atoms with Gasteiger partial charge in [0, 0.05) is 21.8 Å². The van der Waals surface area contributed by atoms with Gasteiger partial charge in [-0.1, -0.05) is 13.3 Å². The predicted molar refractivity (Wildman–Crippen MR) is 71.9 cm³/mol. The summed E-state index contributed by atoms with van der Waals surface area (Å²) in [5.74, 6) is 0.121. The number of halogens is 2. The lowest BCUT2D eigenvalue weighted by Gasteiger charge is -2.05. The maximum absolute atomic E-state index is 13.0. The SMILES string of the molecule is CCCc1cc(=O)[nH]c(-c2ccc(F)cc2Br)n1. The van der Waals surface area contributed by atoms with Crippen molar-refractivity contribution in [3.05, 3.63) is 50.6 Å². The highest BCUT2D eigenvalue weighted by molar-refractivity contribution is 9.10. The third kappa shape index (κ3) is 2.85. The van der Waals surface area contributed by atoms with Crippen molar-refractivity contribution in [1.29, 1.82) is 0 Å². The summed E-state index contributed by atoms with van der Waals surface area (Å²) < 4.78 is 13.6. The van der Waals surface area contributed by atoms with Crippen LogP contribution in [0.2, 0.25) is 0 Å². The van der Waals surface area contributed by atoms with Gasteiger partial charge in [-0.3, -0.25) is 4.79 Å². The number of aromatic amines is 1. The average molecular weight is 311 g/mol. The van der Waals surface area contributed by atoms with E-state index in [1.807, 2.05) is 6.92 Å². The molecule has 0 saturated carbocycles. The van der Waals surface area contributed by atoms with Crippen molar-refractivity contribution in [3.8, 4) is 11.4 Å². The quantitative estimate of drug-likeness (QED) is 0.945. The molecule has 94 valence electrons. The molecule has 5 heteroatoms. The molecule has 0 spiro atoms. The lowest BCUT2D eigenvalue weighted by molar-refractivity contribution is 0.627. The van der Waals surface area contributed by atoms with Crippen LogP contribution >= 0.6 is 15.9 Å². The average Bonchev–Trinajstić information content (AvgIpc) is 2.28. The molecule has 0 aliphatic rings. The molecule has 1 N–H and O–H groups in total. The Morgan fingerprint density at radius 1 is 1.39 bits per heavy atom. The van der Waals surface area contributed by atoms with Crippen molar-refractivity contribution < 1.29 is 4.39 Å². The van der Waals surface area contributed by atoms with Crippen molar-refractivity contribution in [2.45, 2.75) is 19.8 Å². The van der Waals surface area contributed by atoms with Crippen LogP contribution in [0.4, 0.5) is 4.39 Å². The van der Waals surface area contributed by atoms with Crippen molar-refractivity contribution in [2.75, 3.05) is 0 Å². The highest BCUT2D eigenvalue weighted by Gasteiger charge is 2.08. The molecule has 1 heterocycles. The van der Waals surface area contributed by atoms with Gasteiger partial charge < -0.3 is 4.98 Å². The fourth-order valence-corrected chi connectivity index (χ4v) is 2.24. The first-order chi connectivity index (χ1) is 8.60. The van der Waals surface area contributed by atoms with Gasteiger partial charge in [-0.25, -0.2) is 9.37 Å². The second kappa shape index (κ2) is 5.44. The van der Waals surface area contributed by atoms with Crippen LogP contribution < -0.4 is 5.56 Å². The fourth-order valence-electron chi connectivity index (χ4n) is 1.70. The second-order valence-corrected chi connectivity index (χ2v) is 4.81. The molecule has 0 bridgehead atoms. The number of aromatic nitrogens is 2. The number of aryl methyl sites for hydroxylation is 1. The fraction of sp³-hybridized carbons (Fsp3) is 0.231. The highest BCUT2D eigenvalue weighted by Crippen LogP contribution is 2.25. The standard InChI is InChI=1S/C13H12BrFN2O/c1-2-3-9-7-12(18)17-13(16-9)10-5-4-8(15)6-11(10)14/h4-7H,2-3H2,1H3,(H,16,17,18). The lowest BCUT2D eigenvalue weighted by Crippen LogP contribution is -2.10. The number of H-pyrrole nitrogens is 1. The molecule has 1 aromatic heterocycles. The van der Waals surface area contributed by atoms with E-state index in [-0.39, 0.29) is 11.4 Å². The molecule has 1 aromatic carbocycles. The molecule has 2 rings (SSSR count). The first-order valence-corrected chi connectivity index (χ1v) is 6.45. The predicted octanol–water partition coefficient (Wildman–Crippen LogP) is 3.29. The van der Waals surface area contributed by atoms with Crippen LogP contribution in [0.25, 0.3) is 11.4 Å². The van der Waals surface area contributed by atoms with Crippen molar-refractivity contribution >= 4 is 15.9 Å². The van der Waals surface area contributed by atoms with Gasteiger partial charge in [-0.05, 0) is 40.5 Å². The molecule has 0 amide bonds. The molecular formula is C13H12BrFN2O. The third-order valence-electron chi connectivity index (χ3n) is 2.49. The Labute approximate surface area is 112 Å². The van der Waals surface area contributed by atoms with E-state index >= 15 is 0 Å². The number of hydrogen-bond acceptors (Lipinski definition) is 2. The first kappa shape index (κ1) is 13.0. The van der Waals surface area contributed by atoms with Gasteiger partial charge in [-0.2, -0.15) is 0 Å². The zero-order valence-electron chi connectivity index (χ0n) is 9.84. The smallest absolute Gasteiger partial charge is 0.251 e. The number of nitrogens with one attached hydrogen (secondary N) is 1. The summed E-state index contributed by atoms with van der Waals surface area (Å²) in [6.07, 6.45) is 1.66. The zero-order valence-corrected chi connectivity index (χ0v) is 11.4. The van der Waals surface area contributed by atoms with Gasteiger partial charge in [0.1, 0.15) is 11.6 Å². The molecule has 0 atom stereocenters. The van der Waals surface area contributed by atoms with Gasteiger partial charge in [0.2, 0.25) is 0 Å². The zero-order chi connectivity index (χ0) is 13.1. The van der Waals surface area contributed by atoms with E-state index in [4.69, 9.17) is 0 Å². The topological polar surface area (TPSA) is 45.8 Å². The van der Waals surface area contributed by atoms with E-state index in [9.17, 15) is 9.18 Å². The van der Waals surface area contributed by atoms with Crippen molar-refractivity contribution in [3.63, 3.8) is 0 Å². The Balaban J connectivity index is 2.53. The van der Waals surface area contributed by atoms with Crippen LogP contribution in [0.5, 0.6) is 0 Å². The molecule has 0 fully saturated rings. The minimum absolute atomic E-state index is 0.195. The summed E-state index contributed by atoms with van der Waals surface area (Å²) in [6.45, 7) is 2.02. The van der Waals surface area contributed by atoms with Crippen molar-refractivity contribution in [1.82, 2.24) is 9.97 Å².